The van der Waals surface area contributed by atoms with Crippen LogP contribution >= 0.6 is 0 Å². The number of hydrogen-bond donors (Lipinski definition) is 2. The van der Waals surface area contributed by atoms with E-state index in [1.807, 2.05) is 72.8 Å². The number of nitrogens with zero attached hydrogens (tertiary/aromatic N) is 1. The number of allylic oxidation sites excluding steroid dienone is 2. The third-order valence-electron chi connectivity index (χ3n) is 7.62. The van der Waals surface area contributed by atoms with E-state index in [1.54, 1.807) is 17.0 Å². The van der Waals surface area contributed by atoms with Crippen LogP contribution in [0.15, 0.2) is 97.1 Å². The van der Waals surface area contributed by atoms with Gasteiger partial charge in [-0.3, -0.25) is 14.4 Å². The van der Waals surface area contributed by atoms with E-state index < -0.39 is 17.9 Å². The fourth-order valence-corrected chi connectivity index (χ4v) is 5.19. The number of halogens is 1. The molecular weight excluding hydrogens is 547 g/mol. The van der Waals surface area contributed by atoms with E-state index in [4.69, 9.17) is 4.74 Å². The Labute approximate surface area is 252 Å². The molecule has 0 saturated heterocycles. The molecule has 0 saturated carbocycles. The first-order valence-electron chi connectivity index (χ1n) is 14.8. The summed E-state index contributed by atoms with van der Waals surface area (Å²) < 4.78 is 19.5. The standard InChI is InChI=1S/C35H39FN2O5/c36-31-18-16-26(17-19-31)22-30-15-9-3-8-14-29(23-33(40)38(20-21-39)25-27-10-4-1-5-11-27)34(41)37-24-32(43-35(30)42)28-12-6-2-7-13-28/h1-8,10-13,16-19,29-30,32,39H,9,14-15,20-25H2,(H,37,41)/b8-3+/t29-,30+,32-/m0/s1. The van der Waals surface area contributed by atoms with Gasteiger partial charge in [0.05, 0.1) is 25.0 Å². The van der Waals surface area contributed by atoms with Crippen molar-refractivity contribution in [1.82, 2.24) is 10.2 Å². The van der Waals surface area contributed by atoms with Crippen molar-refractivity contribution in [2.75, 3.05) is 19.7 Å². The van der Waals surface area contributed by atoms with Crippen molar-refractivity contribution in [1.29, 1.82) is 0 Å². The number of cyclic esters (lactones) is 1. The number of ether oxygens (including phenoxy) is 1. The van der Waals surface area contributed by atoms with Crippen LogP contribution in [0.4, 0.5) is 4.39 Å². The maximum absolute atomic E-state index is 13.5. The van der Waals surface area contributed by atoms with Crippen molar-refractivity contribution < 1.29 is 28.6 Å². The smallest absolute Gasteiger partial charge is 0.309 e. The minimum absolute atomic E-state index is 0.0218. The van der Waals surface area contributed by atoms with Gasteiger partial charge in [-0.15, -0.1) is 0 Å². The number of esters is 1. The van der Waals surface area contributed by atoms with Gasteiger partial charge in [-0.05, 0) is 54.5 Å². The summed E-state index contributed by atoms with van der Waals surface area (Å²) >= 11 is 0. The second kappa shape index (κ2) is 16.4. The molecule has 7 nitrogen and oxygen atoms in total. The van der Waals surface area contributed by atoms with Gasteiger partial charge in [0, 0.05) is 19.5 Å². The molecule has 0 unspecified atom stereocenters. The van der Waals surface area contributed by atoms with Gasteiger partial charge in [0.1, 0.15) is 11.9 Å². The molecule has 1 aliphatic heterocycles. The van der Waals surface area contributed by atoms with Crippen molar-refractivity contribution in [3.63, 3.8) is 0 Å². The Morgan fingerprint density at radius 3 is 2.30 bits per heavy atom. The van der Waals surface area contributed by atoms with Crippen LogP contribution in [0.2, 0.25) is 0 Å². The van der Waals surface area contributed by atoms with Gasteiger partial charge in [0.2, 0.25) is 11.8 Å². The summed E-state index contributed by atoms with van der Waals surface area (Å²) in [5.74, 6) is -2.34. The van der Waals surface area contributed by atoms with Crippen LogP contribution in [-0.2, 0) is 32.1 Å². The average Bonchev–Trinajstić information content (AvgIpc) is 3.03. The second-order valence-electron chi connectivity index (χ2n) is 10.8. The summed E-state index contributed by atoms with van der Waals surface area (Å²) in [5, 5.41) is 12.5. The highest BCUT2D eigenvalue weighted by molar-refractivity contribution is 5.86. The zero-order valence-electron chi connectivity index (χ0n) is 24.2. The summed E-state index contributed by atoms with van der Waals surface area (Å²) in [6.45, 7) is 0.375. The minimum Gasteiger partial charge on any atom is -0.455 e. The number of carbonyl (C=O) groups excluding carboxylic acids is 3. The molecule has 2 amide bonds. The molecule has 2 N–H and O–H groups in total. The van der Waals surface area contributed by atoms with Gasteiger partial charge < -0.3 is 20.1 Å². The van der Waals surface area contributed by atoms with E-state index in [0.29, 0.717) is 32.2 Å². The molecule has 1 aliphatic rings. The van der Waals surface area contributed by atoms with E-state index >= 15 is 0 Å². The van der Waals surface area contributed by atoms with E-state index in [-0.39, 0.29) is 49.7 Å². The zero-order chi connectivity index (χ0) is 30.4. The quantitative estimate of drug-likeness (QED) is 0.267. The van der Waals surface area contributed by atoms with Crippen molar-refractivity contribution in [2.24, 2.45) is 11.8 Å². The predicted octanol–water partition coefficient (Wildman–Crippen LogP) is 5.15. The molecule has 226 valence electrons. The van der Waals surface area contributed by atoms with Crippen LogP contribution in [0.25, 0.3) is 0 Å². The van der Waals surface area contributed by atoms with Crippen LogP contribution in [-0.4, -0.2) is 47.5 Å². The Bertz CT molecular complexity index is 1350. The topological polar surface area (TPSA) is 95.9 Å². The lowest BCUT2D eigenvalue weighted by Crippen LogP contribution is -2.39. The number of carbonyl (C=O) groups is 3. The first kappa shape index (κ1) is 31.6. The zero-order valence-corrected chi connectivity index (χ0v) is 24.2. The molecular formula is C35H39FN2O5. The summed E-state index contributed by atoms with van der Waals surface area (Å²) in [6, 6.07) is 24.9. The predicted molar refractivity (Wildman–Crippen MR) is 162 cm³/mol. The van der Waals surface area contributed by atoms with Gasteiger partial charge in [-0.25, -0.2) is 4.39 Å². The first-order chi connectivity index (χ1) is 20.9. The van der Waals surface area contributed by atoms with Crippen LogP contribution in [0.3, 0.4) is 0 Å². The molecule has 0 bridgehead atoms. The lowest BCUT2D eigenvalue weighted by atomic mass is 9.94. The van der Waals surface area contributed by atoms with Crippen molar-refractivity contribution in [3.8, 4) is 0 Å². The lowest BCUT2D eigenvalue weighted by Gasteiger charge is -2.25. The largest absolute Gasteiger partial charge is 0.455 e. The van der Waals surface area contributed by atoms with Crippen LogP contribution in [0.5, 0.6) is 0 Å². The van der Waals surface area contributed by atoms with Crippen LogP contribution < -0.4 is 5.32 Å². The maximum atomic E-state index is 13.5. The first-order valence-corrected chi connectivity index (χ1v) is 14.8. The number of aliphatic hydroxyl groups excluding tert-OH is 1. The van der Waals surface area contributed by atoms with Crippen LogP contribution in [0, 0.1) is 17.7 Å². The van der Waals surface area contributed by atoms with Crippen molar-refractivity contribution >= 4 is 17.8 Å². The van der Waals surface area contributed by atoms with E-state index in [2.05, 4.69) is 5.32 Å². The van der Waals surface area contributed by atoms with Gasteiger partial charge in [-0.2, -0.15) is 0 Å². The molecule has 8 heteroatoms. The fraction of sp³-hybridized carbons (Fsp3) is 0.343. The minimum atomic E-state index is -0.720. The summed E-state index contributed by atoms with van der Waals surface area (Å²) in [6.07, 6.45) is 4.91. The molecule has 0 radical (unpaired) electrons. The second-order valence-corrected chi connectivity index (χ2v) is 10.8. The highest BCUT2D eigenvalue weighted by atomic mass is 19.1. The van der Waals surface area contributed by atoms with E-state index in [9.17, 15) is 23.9 Å². The number of amides is 2. The summed E-state index contributed by atoms with van der Waals surface area (Å²) in [4.78, 5) is 41.8. The number of hydrogen-bond acceptors (Lipinski definition) is 5. The third kappa shape index (κ3) is 9.89. The van der Waals surface area contributed by atoms with Crippen molar-refractivity contribution in [2.45, 2.75) is 44.8 Å². The highest BCUT2D eigenvalue weighted by Crippen LogP contribution is 2.24. The molecule has 3 aromatic rings. The molecule has 0 aromatic heterocycles. The third-order valence-corrected chi connectivity index (χ3v) is 7.62. The monoisotopic (exact) mass is 586 g/mol. The average molecular weight is 587 g/mol. The molecule has 43 heavy (non-hydrogen) atoms. The Hall–Kier alpha value is -4.30. The summed E-state index contributed by atoms with van der Waals surface area (Å²) in [5.41, 5.74) is 2.52. The molecule has 3 atom stereocenters. The molecule has 0 fully saturated rings. The fourth-order valence-electron chi connectivity index (χ4n) is 5.19. The van der Waals surface area contributed by atoms with Gasteiger partial charge in [0.15, 0.2) is 0 Å². The Morgan fingerprint density at radius 1 is 0.907 bits per heavy atom. The molecule has 0 aliphatic carbocycles. The molecule has 1 heterocycles. The van der Waals surface area contributed by atoms with Gasteiger partial charge in [0.25, 0.3) is 0 Å². The SMILES string of the molecule is O=C1NC[C@@H](c2ccccc2)OC(=O)[C@@H](Cc2ccc(F)cc2)CC/C=C/C[C@H]1CC(=O)N(CCO)Cc1ccccc1. The number of rotatable bonds is 9. The Balaban J connectivity index is 1.52. The number of nitrogens with one attached hydrogen (secondary N) is 1. The molecule has 3 aromatic carbocycles. The number of benzene rings is 3. The Kier molecular flexibility index (Phi) is 12.0. The molecule has 0 spiro atoms. The molecule has 4 rings (SSSR count). The lowest BCUT2D eigenvalue weighted by molar-refractivity contribution is -0.155. The highest BCUT2D eigenvalue weighted by Gasteiger charge is 2.28. The summed E-state index contributed by atoms with van der Waals surface area (Å²) in [7, 11) is 0. The van der Waals surface area contributed by atoms with E-state index in [1.165, 1.54) is 12.1 Å². The van der Waals surface area contributed by atoms with Gasteiger partial charge >= 0.3 is 5.97 Å². The van der Waals surface area contributed by atoms with Gasteiger partial charge in [-0.1, -0.05) is 84.9 Å². The van der Waals surface area contributed by atoms with E-state index in [0.717, 1.165) is 16.7 Å². The Morgan fingerprint density at radius 2 is 1.60 bits per heavy atom. The maximum Gasteiger partial charge on any atom is 0.309 e. The van der Waals surface area contributed by atoms with Crippen molar-refractivity contribution in [3.05, 3.63) is 120 Å². The van der Waals surface area contributed by atoms with Crippen LogP contribution in [0.1, 0.15) is 48.5 Å². The number of aliphatic hydroxyl groups is 1. The normalized spacial score (nSPS) is 20.5.